The van der Waals surface area contributed by atoms with Crippen molar-refractivity contribution in [3.05, 3.63) is 59.7 Å². The second kappa shape index (κ2) is 10.2. The predicted molar refractivity (Wildman–Crippen MR) is 112 cm³/mol. The number of hydrogen-bond donors (Lipinski definition) is 2. The standard InChI is InChI=1S/C23H22N4O4/c24-13-17-4-8-19(9-5-17)18-6-2-16(3-7-18)12-20(14-25)26-22(28)21-15-27(23(29)30)10-1-11-31-21/h2-9,20-21H,1,10-12,15H2,(H,26,28)(H,29,30)/t20?,21-/m0/s1. The van der Waals surface area contributed by atoms with E-state index in [1.54, 1.807) is 12.1 Å². The molecular weight excluding hydrogens is 396 g/mol. The molecule has 0 aliphatic carbocycles. The van der Waals surface area contributed by atoms with Crippen LogP contribution >= 0.6 is 0 Å². The summed E-state index contributed by atoms with van der Waals surface area (Å²) in [6, 6.07) is 18.3. The molecule has 31 heavy (non-hydrogen) atoms. The highest BCUT2D eigenvalue weighted by atomic mass is 16.5. The summed E-state index contributed by atoms with van der Waals surface area (Å²) < 4.78 is 5.48. The van der Waals surface area contributed by atoms with Crippen molar-refractivity contribution in [1.82, 2.24) is 10.2 Å². The number of rotatable bonds is 5. The summed E-state index contributed by atoms with van der Waals surface area (Å²) in [4.78, 5) is 24.9. The number of nitrogens with zero attached hydrogens (tertiary/aromatic N) is 3. The number of nitriles is 2. The number of amides is 2. The third kappa shape index (κ3) is 5.81. The van der Waals surface area contributed by atoms with Gasteiger partial charge in [0.2, 0.25) is 0 Å². The number of carbonyl (C=O) groups is 2. The van der Waals surface area contributed by atoms with Crippen LogP contribution in [0.15, 0.2) is 48.5 Å². The summed E-state index contributed by atoms with van der Waals surface area (Å²) in [7, 11) is 0. The zero-order chi connectivity index (χ0) is 22.2. The Morgan fingerprint density at radius 2 is 1.77 bits per heavy atom. The molecule has 8 nitrogen and oxygen atoms in total. The van der Waals surface area contributed by atoms with Crippen molar-refractivity contribution in [2.75, 3.05) is 19.7 Å². The van der Waals surface area contributed by atoms with E-state index in [9.17, 15) is 20.0 Å². The van der Waals surface area contributed by atoms with E-state index < -0.39 is 24.1 Å². The Labute approximate surface area is 180 Å². The number of carbonyl (C=O) groups excluding carboxylic acids is 1. The maximum Gasteiger partial charge on any atom is 0.407 e. The zero-order valence-electron chi connectivity index (χ0n) is 16.8. The van der Waals surface area contributed by atoms with Crippen LogP contribution in [0, 0.1) is 22.7 Å². The van der Waals surface area contributed by atoms with E-state index in [1.165, 1.54) is 0 Å². The summed E-state index contributed by atoms with van der Waals surface area (Å²) >= 11 is 0. The third-order valence-electron chi connectivity index (χ3n) is 5.05. The minimum atomic E-state index is -1.09. The minimum absolute atomic E-state index is 0.0569. The summed E-state index contributed by atoms with van der Waals surface area (Å²) in [6.45, 7) is 0.543. The van der Waals surface area contributed by atoms with Crippen LogP contribution in [0.4, 0.5) is 4.79 Å². The molecule has 8 heteroatoms. The Balaban J connectivity index is 1.61. The molecule has 3 rings (SSSR count). The fourth-order valence-electron chi connectivity index (χ4n) is 3.36. The smallest absolute Gasteiger partial charge is 0.407 e. The van der Waals surface area contributed by atoms with Crippen molar-refractivity contribution in [1.29, 1.82) is 10.5 Å². The van der Waals surface area contributed by atoms with Crippen molar-refractivity contribution in [3.63, 3.8) is 0 Å². The molecule has 0 spiro atoms. The summed E-state index contributed by atoms with van der Waals surface area (Å²) in [5, 5.41) is 30.2. The van der Waals surface area contributed by atoms with Gasteiger partial charge in [0.05, 0.1) is 24.2 Å². The first kappa shape index (κ1) is 21.8. The van der Waals surface area contributed by atoms with E-state index in [0.717, 1.165) is 21.6 Å². The molecule has 2 N–H and O–H groups in total. The topological polar surface area (TPSA) is 126 Å². The Morgan fingerprint density at radius 1 is 1.13 bits per heavy atom. The van der Waals surface area contributed by atoms with Crippen molar-refractivity contribution in [2.45, 2.75) is 25.0 Å². The highest BCUT2D eigenvalue weighted by Crippen LogP contribution is 2.21. The van der Waals surface area contributed by atoms with E-state index in [4.69, 9.17) is 10.00 Å². The number of hydrogen-bond acceptors (Lipinski definition) is 5. The lowest BCUT2D eigenvalue weighted by molar-refractivity contribution is -0.133. The predicted octanol–water partition coefficient (Wildman–Crippen LogP) is 2.55. The van der Waals surface area contributed by atoms with Crippen molar-refractivity contribution < 1.29 is 19.4 Å². The zero-order valence-corrected chi connectivity index (χ0v) is 16.8. The Kier molecular flexibility index (Phi) is 7.21. The molecule has 1 heterocycles. The van der Waals surface area contributed by atoms with Crippen LogP contribution in [0.2, 0.25) is 0 Å². The Hall–Kier alpha value is -3.88. The van der Waals surface area contributed by atoms with E-state index in [0.29, 0.717) is 24.9 Å². The van der Waals surface area contributed by atoms with E-state index in [2.05, 4.69) is 17.5 Å². The summed E-state index contributed by atoms with van der Waals surface area (Å²) in [5.74, 6) is -0.492. The van der Waals surface area contributed by atoms with Gasteiger partial charge >= 0.3 is 6.09 Å². The molecule has 2 aromatic rings. The lowest BCUT2D eigenvalue weighted by Gasteiger charge is -2.22. The molecule has 0 aromatic heterocycles. The average molecular weight is 418 g/mol. The van der Waals surface area contributed by atoms with Gasteiger partial charge in [0.15, 0.2) is 6.10 Å². The van der Waals surface area contributed by atoms with Gasteiger partial charge in [-0.1, -0.05) is 36.4 Å². The number of carboxylic acid groups (broad SMARTS) is 1. The summed E-state index contributed by atoms with van der Waals surface area (Å²) in [5.41, 5.74) is 3.42. The van der Waals surface area contributed by atoms with Gasteiger partial charge in [-0.15, -0.1) is 0 Å². The highest BCUT2D eigenvalue weighted by Gasteiger charge is 2.28. The highest BCUT2D eigenvalue weighted by molar-refractivity contribution is 5.82. The van der Waals surface area contributed by atoms with Crippen molar-refractivity contribution >= 4 is 12.0 Å². The van der Waals surface area contributed by atoms with Crippen LogP contribution in [0.5, 0.6) is 0 Å². The molecule has 2 aromatic carbocycles. The molecular formula is C23H22N4O4. The van der Waals surface area contributed by atoms with Gasteiger partial charge < -0.3 is 20.1 Å². The molecule has 0 saturated carbocycles. The summed E-state index contributed by atoms with van der Waals surface area (Å²) in [6.07, 6.45) is -1.20. The molecule has 1 unspecified atom stereocenters. The van der Waals surface area contributed by atoms with Gasteiger partial charge in [-0.2, -0.15) is 10.5 Å². The number of ether oxygens (including phenoxy) is 1. The molecule has 2 atom stereocenters. The average Bonchev–Trinajstić information content (AvgIpc) is 3.06. The molecule has 1 saturated heterocycles. The van der Waals surface area contributed by atoms with Crippen LogP contribution in [0.3, 0.4) is 0 Å². The van der Waals surface area contributed by atoms with E-state index in [-0.39, 0.29) is 13.2 Å². The lowest BCUT2D eigenvalue weighted by Crippen LogP contribution is -2.47. The second-order valence-corrected chi connectivity index (χ2v) is 7.22. The van der Waals surface area contributed by atoms with Crippen LogP contribution < -0.4 is 5.32 Å². The lowest BCUT2D eigenvalue weighted by atomic mass is 10.00. The van der Waals surface area contributed by atoms with Crippen LogP contribution in [-0.4, -0.2) is 53.8 Å². The fourth-order valence-corrected chi connectivity index (χ4v) is 3.36. The maximum absolute atomic E-state index is 12.5. The maximum atomic E-state index is 12.5. The Morgan fingerprint density at radius 3 is 2.35 bits per heavy atom. The molecule has 1 aliphatic heterocycles. The molecule has 1 fully saturated rings. The van der Waals surface area contributed by atoms with E-state index >= 15 is 0 Å². The van der Waals surface area contributed by atoms with Gasteiger partial charge in [-0.3, -0.25) is 4.79 Å². The number of nitrogens with one attached hydrogen (secondary N) is 1. The quantitative estimate of drug-likeness (QED) is 0.768. The van der Waals surface area contributed by atoms with Gasteiger partial charge in [0, 0.05) is 19.6 Å². The first-order valence-corrected chi connectivity index (χ1v) is 9.89. The van der Waals surface area contributed by atoms with Gasteiger partial charge in [0.25, 0.3) is 5.91 Å². The monoisotopic (exact) mass is 418 g/mol. The van der Waals surface area contributed by atoms with Crippen LogP contribution in [-0.2, 0) is 16.0 Å². The van der Waals surface area contributed by atoms with Gasteiger partial charge in [0.1, 0.15) is 6.04 Å². The first-order chi connectivity index (χ1) is 15.0. The normalized spacial score (nSPS) is 17.0. The number of benzene rings is 2. The van der Waals surface area contributed by atoms with Gasteiger partial charge in [-0.25, -0.2) is 4.79 Å². The molecule has 158 valence electrons. The minimum Gasteiger partial charge on any atom is -0.465 e. The second-order valence-electron chi connectivity index (χ2n) is 7.22. The van der Waals surface area contributed by atoms with Crippen molar-refractivity contribution in [3.8, 4) is 23.3 Å². The SMILES string of the molecule is N#Cc1ccc(-c2ccc(CC(C#N)NC(=O)[C@@H]3CN(C(=O)O)CCCO3)cc2)cc1. The van der Waals surface area contributed by atoms with Gasteiger partial charge in [-0.05, 0) is 35.2 Å². The molecule has 0 bridgehead atoms. The third-order valence-corrected chi connectivity index (χ3v) is 5.05. The fraction of sp³-hybridized carbons (Fsp3) is 0.304. The van der Waals surface area contributed by atoms with Crippen LogP contribution in [0.25, 0.3) is 11.1 Å². The van der Waals surface area contributed by atoms with Crippen LogP contribution in [0.1, 0.15) is 17.5 Å². The molecule has 0 radical (unpaired) electrons. The Bertz CT molecular complexity index is 1010. The van der Waals surface area contributed by atoms with Crippen molar-refractivity contribution in [2.24, 2.45) is 0 Å². The largest absolute Gasteiger partial charge is 0.465 e. The molecule has 1 aliphatic rings. The first-order valence-electron chi connectivity index (χ1n) is 9.89. The van der Waals surface area contributed by atoms with E-state index in [1.807, 2.05) is 36.4 Å². The molecule has 2 amide bonds.